The normalized spacial score (nSPS) is 9.00. The first-order chi connectivity index (χ1) is 7.40. The third-order valence-electron chi connectivity index (χ3n) is 2.03. The van der Waals surface area contributed by atoms with E-state index >= 15 is 0 Å². The van der Waals surface area contributed by atoms with E-state index in [0.29, 0.717) is 5.82 Å². The molecule has 2 aromatic rings. The van der Waals surface area contributed by atoms with Gasteiger partial charge in [-0.05, 0) is 17.7 Å². The number of nitrogens with zero attached hydrogens (tertiary/aromatic N) is 2. The Labute approximate surface area is 115 Å². The van der Waals surface area contributed by atoms with Crippen molar-refractivity contribution < 1.29 is 29.6 Å². The second-order valence-electron chi connectivity index (χ2n) is 3.00. The number of nitrogens with one attached hydrogen (secondary N) is 1. The fourth-order valence-corrected chi connectivity index (χ4v) is 1.31. The zero-order chi connectivity index (χ0) is 10.5. The monoisotopic (exact) mass is 222 g/mol. The molecule has 0 aliphatic rings. The van der Waals surface area contributed by atoms with Gasteiger partial charge in [-0.2, -0.15) is 0 Å². The quantitative estimate of drug-likeness (QED) is 0.446. The summed E-state index contributed by atoms with van der Waals surface area (Å²) in [6, 6.07) is 13.5. The molecule has 0 bridgehead atoms. The van der Waals surface area contributed by atoms with Gasteiger partial charge >= 0.3 is 29.6 Å². The van der Waals surface area contributed by atoms with Gasteiger partial charge in [0.1, 0.15) is 5.82 Å². The molecule has 1 aromatic carbocycles. The SMILES string of the molecule is O=NNc1ccc(-c2ccccc2)cn1.[Na+]. The van der Waals surface area contributed by atoms with Crippen LogP contribution in [-0.2, 0) is 0 Å². The molecule has 4 nitrogen and oxygen atoms in total. The summed E-state index contributed by atoms with van der Waals surface area (Å²) < 4.78 is 0. The van der Waals surface area contributed by atoms with E-state index in [0.717, 1.165) is 11.1 Å². The van der Waals surface area contributed by atoms with Gasteiger partial charge in [0.2, 0.25) is 0 Å². The molecule has 2 rings (SSSR count). The van der Waals surface area contributed by atoms with Crippen LogP contribution in [0.4, 0.5) is 5.82 Å². The van der Waals surface area contributed by atoms with Gasteiger partial charge in [-0.15, -0.1) is 4.91 Å². The minimum Gasteiger partial charge on any atom is -0.237 e. The molecule has 0 spiro atoms. The molecule has 5 heteroatoms. The summed E-state index contributed by atoms with van der Waals surface area (Å²) in [5.41, 5.74) is 4.34. The Kier molecular flexibility index (Phi) is 5.11. The van der Waals surface area contributed by atoms with Gasteiger partial charge in [0.25, 0.3) is 0 Å². The summed E-state index contributed by atoms with van der Waals surface area (Å²) in [4.78, 5) is 14.0. The number of hydrogen-bond acceptors (Lipinski definition) is 3. The fraction of sp³-hybridized carbons (Fsp3) is 0. The summed E-state index contributed by atoms with van der Waals surface area (Å²) >= 11 is 0. The molecule has 74 valence electrons. The van der Waals surface area contributed by atoms with Crippen molar-refractivity contribution in [3.8, 4) is 11.1 Å². The van der Waals surface area contributed by atoms with Crippen LogP contribution in [0.2, 0.25) is 0 Å². The van der Waals surface area contributed by atoms with Crippen molar-refractivity contribution >= 4 is 5.82 Å². The topological polar surface area (TPSA) is 54.4 Å². The number of pyridine rings is 1. The largest absolute Gasteiger partial charge is 1.00 e. The van der Waals surface area contributed by atoms with Gasteiger partial charge in [0, 0.05) is 11.8 Å². The molecule has 0 radical (unpaired) electrons. The number of aromatic nitrogens is 1. The van der Waals surface area contributed by atoms with Crippen LogP contribution in [-0.4, -0.2) is 4.98 Å². The van der Waals surface area contributed by atoms with Crippen LogP contribution >= 0.6 is 0 Å². The van der Waals surface area contributed by atoms with Crippen molar-refractivity contribution in [1.29, 1.82) is 0 Å². The van der Waals surface area contributed by atoms with Crippen molar-refractivity contribution in [3.63, 3.8) is 0 Å². The Hall–Kier alpha value is -1.23. The maximum absolute atomic E-state index is 9.93. The summed E-state index contributed by atoms with van der Waals surface area (Å²) in [6.45, 7) is 0. The average Bonchev–Trinajstić information content (AvgIpc) is 2.32. The maximum atomic E-state index is 9.93. The molecule has 0 atom stereocenters. The van der Waals surface area contributed by atoms with Crippen molar-refractivity contribution in [2.24, 2.45) is 5.29 Å². The Morgan fingerprint density at radius 3 is 2.31 bits per heavy atom. The predicted octanol–water partition coefficient (Wildman–Crippen LogP) is -0.154. The molecule has 0 saturated heterocycles. The average molecular weight is 222 g/mol. The van der Waals surface area contributed by atoms with E-state index in [1.807, 2.05) is 36.4 Å². The molecule has 1 N–H and O–H groups in total. The van der Waals surface area contributed by atoms with E-state index in [2.05, 4.69) is 15.7 Å². The molecule has 0 aliphatic carbocycles. The molecule has 0 fully saturated rings. The predicted molar refractivity (Wildman–Crippen MR) is 59.1 cm³/mol. The van der Waals surface area contributed by atoms with E-state index in [9.17, 15) is 4.91 Å². The standard InChI is InChI=1S/C11H9N3O.Na/c15-14-13-11-7-6-10(8-12-11)9-4-2-1-3-5-9;/h1-8H,(H,12,13,15);/q;+1. The first-order valence-electron chi connectivity index (χ1n) is 4.50. The summed E-state index contributed by atoms with van der Waals surface area (Å²) in [7, 11) is 0. The Balaban J connectivity index is 0.00000128. The van der Waals surface area contributed by atoms with Crippen LogP contribution in [0.25, 0.3) is 11.1 Å². The van der Waals surface area contributed by atoms with Gasteiger partial charge in [0.15, 0.2) is 0 Å². The first kappa shape index (κ1) is 12.8. The first-order valence-corrected chi connectivity index (χ1v) is 4.50. The number of anilines is 1. The van der Waals surface area contributed by atoms with E-state index in [1.165, 1.54) is 0 Å². The second-order valence-corrected chi connectivity index (χ2v) is 3.00. The Morgan fingerprint density at radius 1 is 1.00 bits per heavy atom. The molecule has 1 heterocycles. The van der Waals surface area contributed by atoms with Crippen LogP contribution in [0.1, 0.15) is 0 Å². The minimum absolute atomic E-state index is 0. The Bertz CT molecular complexity index is 445. The molecule has 0 unspecified atom stereocenters. The van der Waals surface area contributed by atoms with Crippen LogP contribution in [0.5, 0.6) is 0 Å². The smallest absolute Gasteiger partial charge is 0.237 e. The number of nitroso groups, excluding NO2 is 1. The molecule has 16 heavy (non-hydrogen) atoms. The third kappa shape index (κ3) is 3.13. The van der Waals surface area contributed by atoms with Gasteiger partial charge in [-0.1, -0.05) is 30.3 Å². The van der Waals surface area contributed by atoms with E-state index in [4.69, 9.17) is 0 Å². The molecule has 0 amide bonds. The maximum Gasteiger partial charge on any atom is 1.00 e. The van der Waals surface area contributed by atoms with Crippen molar-refractivity contribution in [2.75, 3.05) is 5.43 Å². The molecule has 0 saturated carbocycles. The zero-order valence-electron chi connectivity index (χ0n) is 8.92. The fourth-order valence-electron chi connectivity index (χ4n) is 1.31. The van der Waals surface area contributed by atoms with E-state index in [-0.39, 0.29) is 29.6 Å². The van der Waals surface area contributed by atoms with E-state index < -0.39 is 0 Å². The zero-order valence-corrected chi connectivity index (χ0v) is 10.9. The minimum atomic E-state index is 0. The van der Waals surface area contributed by atoms with Crippen LogP contribution in [0.3, 0.4) is 0 Å². The summed E-state index contributed by atoms with van der Waals surface area (Å²) in [5, 5.41) is 2.55. The van der Waals surface area contributed by atoms with Crippen LogP contribution in [0, 0.1) is 4.91 Å². The van der Waals surface area contributed by atoms with E-state index in [1.54, 1.807) is 12.3 Å². The molecular weight excluding hydrogens is 213 g/mol. The third-order valence-corrected chi connectivity index (χ3v) is 2.03. The Morgan fingerprint density at radius 2 is 1.75 bits per heavy atom. The molecular formula is C11H9N3NaO+. The van der Waals surface area contributed by atoms with Crippen molar-refractivity contribution in [2.45, 2.75) is 0 Å². The molecule has 0 aliphatic heterocycles. The van der Waals surface area contributed by atoms with Crippen molar-refractivity contribution in [3.05, 3.63) is 53.6 Å². The van der Waals surface area contributed by atoms with Crippen LogP contribution < -0.4 is 35.0 Å². The van der Waals surface area contributed by atoms with Gasteiger partial charge in [-0.25, -0.2) is 10.4 Å². The number of rotatable bonds is 3. The number of benzene rings is 1. The number of hydrogen-bond donors (Lipinski definition) is 1. The van der Waals surface area contributed by atoms with Gasteiger partial charge in [0.05, 0.1) is 5.29 Å². The molecule has 1 aromatic heterocycles. The van der Waals surface area contributed by atoms with Crippen molar-refractivity contribution in [1.82, 2.24) is 4.98 Å². The van der Waals surface area contributed by atoms with Gasteiger partial charge in [-0.3, -0.25) is 0 Å². The van der Waals surface area contributed by atoms with Gasteiger partial charge < -0.3 is 0 Å². The summed E-state index contributed by atoms with van der Waals surface area (Å²) in [6.07, 6.45) is 1.70. The second kappa shape index (κ2) is 6.37. The van der Waals surface area contributed by atoms with Crippen LogP contribution in [0.15, 0.2) is 53.9 Å². The summed E-state index contributed by atoms with van der Waals surface area (Å²) in [5.74, 6) is 0.449.